The van der Waals surface area contributed by atoms with Crippen LogP contribution in [0, 0.1) is 18.7 Å². The maximum atomic E-state index is 14.0. The van der Waals surface area contributed by atoms with Gasteiger partial charge in [-0.2, -0.15) is 4.31 Å². The van der Waals surface area contributed by atoms with Crippen LogP contribution in [-0.2, 0) is 21.4 Å². The maximum absolute atomic E-state index is 14.0. The molecule has 180 valence electrons. The summed E-state index contributed by atoms with van der Waals surface area (Å²) in [5, 5.41) is 0.780. The van der Waals surface area contributed by atoms with E-state index < -0.39 is 15.8 Å². The largest absolute Gasteiger partial charge is 0.494 e. The molecule has 1 fully saturated rings. The zero-order valence-electron chi connectivity index (χ0n) is 19.5. The lowest BCUT2D eigenvalue weighted by molar-refractivity contribution is -0.135. The van der Waals surface area contributed by atoms with Crippen molar-refractivity contribution >= 4 is 26.8 Å². The number of nitrogens with zero attached hydrogens (tertiary/aromatic N) is 3. The topological polar surface area (TPSA) is 79.8 Å². The van der Waals surface area contributed by atoms with Gasteiger partial charge in [-0.1, -0.05) is 18.2 Å². The number of hydrogen-bond donors (Lipinski definition) is 0. The predicted octanol–water partition coefficient (Wildman–Crippen LogP) is 3.75. The molecule has 3 aromatic rings. The molecule has 7 nitrogen and oxygen atoms in total. The Labute approximate surface area is 199 Å². The molecule has 1 aromatic heterocycles. The summed E-state index contributed by atoms with van der Waals surface area (Å²) in [6.07, 6.45) is 2.52. The fourth-order valence-corrected chi connectivity index (χ4v) is 6.04. The van der Waals surface area contributed by atoms with Gasteiger partial charge in [-0.25, -0.2) is 12.8 Å². The molecule has 0 unspecified atom stereocenters. The quantitative estimate of drug-likeness (QED) is 0.531. The van der Waals surface area contributed by atoms with Gasteiger partial charge in [0, 0.05) is 44.2 Å². The van der Waals surface area contributed by atoms with E-state index in [0.29, 0.717) is 23.9 Å². The van der Waals surface area contributed by atoms with Gasteiger partial charge in [-0.3, -0.25) is 9.78 Å². The number of aryl methyl sites for hydroxylation is 1. The molecule has 0 spiro atoms. The smallest absolute Gasteiger partial charge is 0.245 e. The minimum absolute atomic E-state index is 0.0735. The summed E-state index contributed by atoms with van der Waals surface area (Å²) in [5.41, 5.74) is 2.08. The first-order valence-corrected chi connectivity index (χ1v) is 12.6. The molecule has 2 heterocycles. The average Bonchev–Trinajstić information content (AvgIpc) is 2.83. The Hall–Kier alpha value is -3.04. The van der Waals surface area contributed by atoms with Crippen LogP contribution in [0.2, 0.25) is 0 Å². The van der Waals surface area contributed by atoms with E-state index in [1.165, 1.54) is 23.5 Å². The molecule has 0 N–H and O–H groups in total. The average molecular weight is 486 g/mol. The standard InChI is InChI=1S/C25H28FN3O4S/c1-17-13-20-5-4-6-23(24(20)27-15-17)34(31,32)29-11-9-19(10-12-29)25(30)28(2)16-18-7-8-22(33-3)21(26)14-18/h4-8,13-15,19H,9-12,16H2,1-3H3. The molecular weight excluding hydrogens is 457 g/mol. The van der Waals surface area contributed by atoms with E-state index in [0.717, 1.165) is 10.9 Å². The summed E-state index contributed by atoms with van der Waals surface area (Å²) in [6, 6.07) is 11.7. The molecule has 1 saturated heterocycles. The minimum atomic E-state index is -3.74. The number of ether oxygens (including phenoxy) is 1. The Kier molecular flexibility index (Phi) is 6.86. The number of fused-ring (bicyclic) bond motifs is 1. The lowest BCUT2D eigenvalue weighted by Crippen LogP contribution is -2.43. The Morgan fingerprint density at radius 3 is 2.62 bits per heavy atom. The van der Waals surface area contributed by atoms with Crippen LogP contribution in [0.1, 0.15) is 24.0 Å². The molecule has 1 aliphatic heterocycles. The molecule has 2 aromatic carbocycles. The van der Waals surface area contributed by atoms with Crippen molar-refractivity contribution < 1.29 is 22.3 Å². The number of piperidine rings is 1. The fourth-order valence-electron chi connectivity index (χ4n) is 4.40. The summed E-state index contributed by atoms with van der Waals surface area (Å²) in [6.45, 7) is 2.69. The third-order valence-electron chi connectivity index (χ3n) is 6.24. The SMILES string of the molecule is COc1ccc(CN(C)C(=O)C2CCN(S(=O)(=O)c3cccc4cc(C)cnc34)CC2)cc1F. The van der Waals surface area contributed by atoms with E-state index in [-0.39, 0.29) is 42.1 Å². The number of rotatable bonds is 6. The van der Waals surface area contributed by atoms with Gasteiger partial charge >= 0.3 is 0 Å². The number of amides is 1. The molecule has 0 saturated carbocycles. The van der Waals surface area contributed by atoms with Crippen LogP contribution in [0.3, 0.4) is 0 Å². The normalized spacial score (nSPS) is 15.4. The first-order chi connectivity index (χ1) is 16.2. The summed E-state index contributed by atoms with van der Waals surface area (Å²) in [7, 11) is -0.660. The predicted molar refractivity (Wildman–Crippen MR) is 127 cm³/mol. The van der Waals surface area contributed by atoms with E-state index in [1.54, 1.807) is 36.3 Å². The highest BCUT2D eigenvalue weighted by Crippen LogP contribution is 2.29. The number of sulfonamides is 1. The number of para-hydroxylation sites is 1. The number of hydrogen-bond acceptors (Lipinski definition) is 5. The number of carbonyl (C=O) groups is 1. The summed E-state index contributed by atoms with van der Waals surface area (Å²) in [4.78, 5) is 19.1. The Morgan fingerprint density at radius 1 is 1.21 bits per heavy atom. The van der Waals surface area contributed by atoms with Crippen LogP contribution in [-0.4, -0.2) is 55.8 Å². The first-order valence-electron chi connectivity index (χ1n) is 11.1. The molecule has 0 atom stereocenters. The third-order valence-corrected chi connectivity index (χ3v) is 8.17. The number of methoxy groups -OCH3 is 1. The Bertz CT molecular complexity index is 1320. The Morgan fingerprint density at radius 2 is 1.94 bits per heavy atom. The lowest BCUT2D eigenvalue weighted by Gasteiger charge is -2.32. The fraction of sp³-hybridized carbons (Fsp3) is 0.360. The molecule has 4 rings (SSSR count). The van der Waals surface area contributed by atoms with Gasteiger partial charge in [0.05, 0.1) is 12.6 Å². The van der Waals surface area contributed by atoms with Crippen LogP contribution in [0.15, 0.2) is 53.6 Å². The summed E-state index contributed by atoms with van der Waals surface area (Å²) in [5.74, 6) is -0.677. The van der Waals surface area contributed by atoms with Gasteiger partial charge in [0.2, 0.25) is 15.9 Å². The van der Waals surface area contributed by atoms with E-state index in [2.05, 4.69) is 4.98 Å². The second-order valence-corrected chi connectivity index (χ2v) is 10.6. The highest BCUT2D eigenvalue weighted by molar-refractivity contribution is 7.89. The second kappa shape index (κ2) is 9.68. The van der Waals surface area contributed by atoms with Gasteiger partial charge < -0.3 is 9.64 Å². The van der Waals surface area contributed by atoms with Crippen molar-refractivity contribution in [1.82, 2.24) is 14.2 Å². The van der Waals surface area contributed by atoms with Gasteiger partial charge in [-0.05, 0) is 55.2 Å². The first kappa shape index (κ1) is 24.1. The van der Waals surface area contributed by atoms with Crippen LogP contribution in [0.4, 0.5) is 4.39 Å². The Balaban J connectivity index is 1.42. The summed E-state index contributed by atoms with van der Waals surface area (Å²) >= 11 is 0. The number of halogens is 1. The van der Waals surface area contributed by atoms with Crippen molar-refractivity contribution in [1.29, 1.82) is 0 Å². The van der Waals surface area contributed by atoms with Crippen molar-refractivity contribution in [3.05, 3.63) is 65.6 Å². The van der Waals surface area contributed by atoms with E-state index in [9.17, 15) is 17.6 Å². The zero-order valence-corrected chi connectivity index (χ0v) is 20.3. The summed E-state index contributed by atoms with van der Waals surface area (Å²) < 4.78 is 47.1. The zero-order chi connectivity index (χ0) is 24.5. The maximum Gasteiger partial charge on any atom is 0.245 e. The van der Waals surface area contributed by atoms with Gasteiger partial charge in [0.25, 0.3) is 0 Å². The van der Waals surface area contributed by atoms with Crippen molar-refractivity contribution in [3.63, 3.8) is 0 Å². The van der Waals surface area contributed by atoms with Gasteiger partial charge in [0.1, 0.15) is 4.90 Å². The molecule has 9 heteroatoms. The van der Waals surface area contributed by atoms with Crippen LogP contribution < -0.4 is 4.74 Å². The van der Waals surface area contributed by atoms with Crippen molar-refractivity contribution in [2.24, 2.45) is 5.92 Å². The van der Waals surface area contributed by atoms with Crippen molar-refractivity contribution in [2.75, 3.05) is 27.2 Å². The molecule has 0 bridgehead atoms. The lowest BCUT2D eigenvalue weighted by atomic mass is 9.96. The monoisotopic (exact) mass is 485 g/mol. The van der Waals surface area contributed by atoms with Crippen molar-refractivity contribution in [2.45, 2.75) is 31.2 Å². The van der Waals surface area contributed by atoms with E-state index in [1.807, 2.05) is 19.1 Å². The van der Waals surface area contributed by atoms with E-state index >= 15 is 0 Å². The number of carbonyl (C=O) groups excluding carboxylic acids is 1. The number of aromatic nitrogens is 1. The number of benzene rings is 2. The van der Waals surface area contributed by atoms with Crippen LogP contribution >= 0.6 is 0 Å². The number of pyridine rings is 1. The van der Waals surface area contributed by atoms with Gasteiger partial charge in [0.15, 0.2) is 11.6 Å². The highest BCUT2D eigenvalue weighted by Gasteiger charge is 2.34. The van der Waals surface area contributed by atoms with E-state index in [4.69, 9.17) is 4.74 Å². The molecule has 1 aliphatic rings. The van der Waals surface area contributed by atoms with Gasteiger partial charge in [-0.15, -0.1) is 0 Å². The third kappa shape index (κ3) is 4.76. The highest BCUT2D eigenvalue weighted by atomic mass is 32.2. The van der Waals surface area contributed by atoms with Crippen molar-refractivity contribution in [3.8, 4) is 5.75 Å². The van der Waals surface area contributed by atoms with Crippen LogP contribution in [0.5, 0.6) is 5.75 Å². The minimum Gasteiger partial charge on any atom is -0.494 e. The second-order valence-electron chi connectivity index (χ2n) is 8.68. The molecule has 0 radical (unpaired) electrons. The molecular formula is C25H28FN3O4S. The van der Waals surface area contributed by atoms with Crippen LogP contribution in [0.25, 0.3) is 10.9 Å². The molecule has 1 amide bonds. The molecule has 0 aliphatic carbocycles. The molecule has 34 heavy (non-hydrogen) atoms.